The Kier molecular flexibility index (Phi) is 3.32. The van der Waals surface area contributed by atoms with E-state index in [1.165, 1.54) is 16.5 Å². The van der Waals surface area contributed by atoms with Gasteiger partial charge in [-0.3, -0.25) is 5.43 Å². The number of piperazine rings is 1. The largest absolute Gasteiger partial charge is 0.361 e. The van der Waals surface area contributed by atoms with E-state index in [1.807, 2.05) is 6.20 Å². The number of fused-ring (bicyclic) bond motifs is 1. The van der Waals surface area contributed by atoms with Gasteiger partial charge in [-0.05, 0) is 30.1 Å². The lowest BCUT2D eigenvalue weighted by molar-refractivity contribution is 0.102. The number of aromatic amines is 1. The van der Waals surface area contributed by atoms with Crippen molar-refractivity contribution in [2.24, 2.45) is 0 Å². The van der Waals surface area contributed by atoms with Crippen LogP contribution in [0.1, 0.15) is 5.56 Å². The fraction of sp³-hybridized carbons (Fsp3) is 0.429. The number of H-pyrrole nitrogens is 1. The first-order valence-corrected chi connectivity index (χ1v) is 6.54. The van der Waals surface area contributed by atoms with Crippen LogP contribution in [0.5, 0.6) is 0 Å². The summed E-state index contributed by atoms with van der Waals surface area (Å²) in [6, 6.07) is 8.69. The third kappa shape index (κ3) is 2.56. The van der Waals surface area contributed by atoms with Crippen LogP contribution in [0.3, 0.4) is 0 Å². The number of benzene rings is 1. The predicted octanol–water partition coefficient (Wildman–Crippen LogP) is 1.42. The molecule has 96 valence electrons. The molecule has 0 amide bonds. The topological polar surface area (TPSA) is 34.3 Å². The van der Waals surface area contributed by atoms with Crippen LogP contribution >= 0.6 is 0 Å². The smallest absolute Gasteiger partial charge is 0.0457 e. The maximum atomic E-state index is 3.51. The van der Waals surface area contributed by atoms with E-state index < -0.39 is 0 Å². The molecule has 4 nitrogen and oxygen atoms in total. The first-order valence-electron chi connectivity index (χ1n) is 6.54. The van der Waals surface area contributed by atoms with Gasteiger partial charge >= 0.3 is 0 Å². The van der Waals surface area contributed by atoms with Crippen LogP contribution < -0.4 is 5.43 Å². The highest BCUT2D eigenvalue weighted by Gasteiger charge is 2.12. The Bertz CT molecular complexity index is 511. The quantitative estimate of drug-likeness (QED) is 0.857. The van der Waals surface area contributed by atoms with E-state index in [4.69, 9.17) is 0 Å². The molecular weight excluding hydrogens is 224 g/mol. The van der Waals surface area contributed by atoms with Crippen LogP contribution in [-0.2, 0) is 6.54 Å². The number of likely N-dealkylation sites (N-methyl/N-ethyl adjacent to an activating group) is 1. The van der Waals surface area contributed by atoms with Crippen LogP contribution in [0.2, 0.25) is 0 Å². The lowest BCUT2D eigenvalue weighted by atomic mass is 10.2. The van der Waals surface area contributed by atoms with Crippen molar-refractivity contribution < 1.29 is 0 Å². The fourth-order valence-corrected chi connectivity index (χ4v) is 2.37. The summed E-state index contributed by atoms with van der Waals surface area (Å²) in [7, 11) is 2.18. The molecule has 2 heterocycles. The Morgan fingerprint density at radius 2 is 2.00 bits per heavy atom. The number of hydrogen-bond acceptors (Lipinski definition) is 3. The van der Waals surface area contributed by atoms with E-state index in [0.717, 1.165) is 32.7 Å². The number of nitrogens with one attached hydrogen (secondary N) is 2. The monoisotopic (exact) mass is 244 g/mol. The van der Waals surface area contributed by atoms with Gasteiger partial charge in [0.1, 0.15) is 0 Å². The van der Waals surface area contributed by atoms with Crippen molar-refractivity contribution in [2.75, 3.05) is 33.2 Å². The van der Waals surface area contributed by atoms with Crippen molar-refractivity contribution in [1.29, 1.82) is 0 Å². The first-order chi connectivity index (χ1) is 8.81. The average Bonchev–Trinajstić information content (AvgIpc) is 2.85. The van der Waals surface area contributed by atoms with Crippen molar-refractivity contribution in [3.8, 4) is 0 Å². The van der Waals surface area contributed by atoms with Crippen molar-refractivity contribution >= 4 is 10.9 Å². The maximum absolute atomic E-state index is 3.51. The molecule has 0 aliphatic carbocycles. The van der Waals surface area contributed by atoms with Crippen LogP contribution in [0.25, 0.3) is 10.9 Å². The summed E-state index contributed by atoms with van der Waals surface area (Å²) in [6.45, 7) is 5.38. The number of nitrogens with zero attached hydrogens (tertiary/aromatic N) is 2. The molecule has 1 aromatic carbocycles. The van der Waals surface area contributed by atoms with E-state index in [1.54, 1.807) is 0 Å². The molecule has 1 fully saturated rings. The second-order valence-corrected chi connectivity index (χ2v) is 5.02. The Morgan fingerprint density at radius 1 is 1.17 bits per heavy atom. The van der Waals surface area contributed by atoms with Crippen molar-refractivity contribution in [3.05, 3.63) is 36.0 Å². The number of rotatable bonds is 3. The summed E-state index contributed by atoms with van der Waals surface area (Å²) < 4.78 is 0. The van der Waals surface area contributed by atoms with Gasteiger partial charge < -0.3 is 9.88 Å². The Balaban J connectivity index is 1.59. The van der Waals surface area contributed by atoms with E-state index >= 15 is 0 Å². The van der Waals surface area contributed by atoms with Gasteiger partial charge in [0.05, 0.1) is 0 Å². The normalized spacial score (nSPS) is 18.5. The average molecular weight is 244 g/mol. The standard InChI is InChI=1S/C14H20N4/c1-17-6-8-18(9-7-17)16-11-12-2-3-13-4-5-15-14(13)10-12/h2-5,10,15-16H,6-9,11H2,1H3. The molecule has 18 heavy (non-hydrogen) atoms. The summed E-state index contributed by atoms with van der Waals surface area (Å²) in [5.74, 6) is 0. The summed E-state index contributed by atoms with van der Waals surface area (Å²) in [6.07, 6.45) is 1.99. The highest BCUT2D eigenvalue weighted by atomic mass is 15.5. The molecule has 1 aliphatic rings. The highest BCUT2D eigenvalue weighted by Crippen LogP contribution is 2.14. The van der Waals surface area contributed by atoms with Crippen LogP contribution in [0.4, 0.5) is 0 Å². The Hall–Kier alpha value is -1.36. The Labute approximate surface area is 108 Å². The van der Waals surface area contributed by atoms with Crippen LogP contribution in [0.15, 0.2) is 30.5 Å². The second-order valence-electron chi connectivity index (χ2n) is 5.02. The van der Waals surface area contributed by atoms with Crippen LogP contribution in [-0.4, -0.2) is 48.1 Å². The first kappa shape index (κ1) is 11.7. The lowest BCUT2D eigenvalue weighted by Crippen LogP contribution is -2.50. The van der Waals surface area contributed by atoms with Gasteiger partial charge in [-0.2, -0.15) is 0 Å². The number of aromatic nitrogens is 1. The molecule has 1 aromatic heterocycles. The van der Waals surface area contributed by atoms with Gasteiger partial charge in [0.25, 0.3) is 0 Å². The number of hydrazine groups is 1. The van der Waals surface area contributed by atoms with E-state index in [9.17, 15) is 0 Å². The van der Waals surface area contributed by atoms with Crippen molar-refractivity contribution in [2.45, 2.75) is 6.54 Å². The van der Waals surface area contributed by atoms with Gasteiger partial charge in [-0.15, -0.1) is 0 Å². The summed E-state index contributed by atoms with van der Waals surface area (Å²) in [5, 5.41) is 3.59. The molecule has 0 bridgehead atoms. The van der Waals surface area contributed by atoms with Gasteiger partial charge in [0.15, 0.2) is 0 Å². The summed E-state index contributed by atoms with van der Waals surface area (Å²) >= 11 is 0. The predicted molar refractivity (Wildman–Crippen MR) is 74.2 cm³/mol. The van der Waals surface area contributed by atoms with Crippen molar-refractivity contribution in [3.63, 3.8) is 0 Å². The Morgan fingerprint density at radius 3 is 2.83 bits per heavy atom. The summed E-state index contributed by atoms with van der Waals surface area (Å²) in [5.41, 5.74) is 6.05. The van der Waals surface area contributed by atoms with Gasteiger partial charge in [-0.1, -0.05) is 12.1 Å². The minimum Gasteiger partial charge on any atom is -0.361 e. The van der Waals surface area contributed by atoms with Gasteiger partial charge in [0, 0.05) is 44.4 Å². The third-order valence-electron chi connectivity index (χ3n) is 3.63. The molecule has 0 atom stereocenters. The zero-order valence-electron chi connectivity index (χ0n) is 10.8. The molecule has 0 saturated carbocycles. The molecule has 4 heteroatoms. The van der Waals surface area contributed by atoms with E-state index in [0.29, 0.717) is 0 Å². The minimum absolute atomic E-state index is 0.901. The van der Waals surface area contributed by atoms with Crippen molar-refractivity contribution in [1.82, 2.24) is 20.3 Å². The minimum atomic E-state index is 0.901. The third-order valence-corrected chi connectivity index (χ3v) is 3.63. The lowest BCUT2D eigenvalue weighted by Gasteiger charge is -2.32. The van der Waals surface area contributed by atoms with Gasteiger partial charge in [-0.25, -0.2) is 5.01 Å². The molecule has 2 aromatic rings. The molecule has 0 radical (unpaired) electrons. The number of hydrogen-bond donors (Lipinski definition) is 2. The zero-order valence-corrected chi connectivity index (χ0v) is 10.8. The molecule has 2 N–H and O–H groups in total. The second kappa shape index (κ2) is 5.10. The summed E-state index contributed by atoms with van der Waals surface area (Å²) in [4.78, 5) is 5.62. The molecule has 3 rings (SSSR count). The molecule has 1 saturated heterocycles. The molecular formula is C14H20N4. The van der Waals surface area contributed by atoms with E-state index in [-0.39, 0.29) is 0 Å². The highest BCUT2D eigenvalue weighted by molar-refractivity contribution is 5.79. The van der Waals surface area contributed by atoms with E-state index in [2.05, 4.69) is 51.6 Å². The van der Waals surface area contributed by atoms with Gasteiger partial charge in [0.2, 0.25) is 0 Å². The molecule has 1 aliphatic heterocycles. The maximum Gasteiger partial charge on any atom is 0.0457 e. The molecule has 0 unspecified atom stereocenters. The van der Waals surface area contributed by atoms with Crippen LogP contribution in [0, 0.1) is 0 Å². The SMILES string of the molecule is CN1CCN(NCc2ccc3cc[nH]c3c2)CC1. The zero-order chi connectivity index (χ0) is 12.4. The molecule has 0 spiro atoms. The fourth-order valence-electron chi connectivity index (χ4n) is 2.37.